The van der Waals surface area contributed by atoms with Crippen molar-refractivity contribution in [1.82, 2.24) is 9.78 Å². The Kier molecular flexibility index (Phi) is 3.46. The number of rotatable bonds is 2. The zero-order valence-electron chi connectivity index (χ0n) is 11.0. The molecule has 5 heteroatoms. The minimum atomic E-state index is 0.597. The first-order valence-corrected chi connectivity index (χ1v) is 7.08. The van der Waals surface area contributed by atoms with Gasteiger partial charge in [-0.05, 0) is 30.3 Å². The Bertz CT molecular complexity index is 828. The van der Waals surface area contributed by atoms with Crippen LogP contribution in [-0.2, 0) is 0 Å². The molecule has 4 nitrogen and oxygen atoms in total. The average molecular weight is 339 g/mol. The smallest absolute Gasteiger partial charge is 0.116 e. The Hall–Kier alpha value is -2.58. The van der Waals surface area contributed by atoms with Crippen LogP contribution < -0.4 is 5.73 Å². The molecule has 0 aliphatic heterocycles. The predicted molar refractivity (Wildman–Crippen MR) is 85.8 cm³/mol. The third-order valence-corrected chi connectivity index (χ3v) is 3.60. The van der Waals surface area contributed by atoms with Crippen LogP contribution in [0.2, 0.25) is 0 Å². The van der Waals surface area contributed by atoms with Crippen LogP contribution in [-0.4, -0.2) is 9.78 Å². The molecule has 0 saturated carbocycles. The third-order valence-electron chi connectivity index (χ3n) is 3.10. The molecule has 1 heterocycles. The van der Waals surface area contributed by atoms with Crippen molar-refractivity contribution in [3.05, 3.63) is 64.8 Å². The Morgan fingerprint density at radius 3 is 2.57 bits per heavy atom. The molecule has 21 heavy (non-hydrogen) atoms. The second-order valence-corrected chi connectivity index (χ2v) is 5.46. The van der Waals surface area contributed by atoms with E-state index in [4.69, 9.17) is 11.0 Å². The molecule has 0 aliphatic carbocycles. The summed E-state index contributed by atoms with van der Waals surface area (Å²) in [5, 5.41) is 13.4. The van der Waals surface area contributed by atoms with Gasteiger partial charge in [0.25, 0.3) is 0 Å². The van der Waals surface area contributed by atoms with Crippen molar-refractivity contribution < 1.29 is 0 Å². The van der Waals surface area contributed by atoms with Gasteiger partial charge >= 0.3 is 0 Å². The van der Waals surface area contributed by atoms with E-state index in [0.29, 0.717) is 16.9 Å². The number of hydrogen-bond donors (Lipinski definition) is 1. The lowest BCUT2D eigenvalue weighted by Crippen LogP contribution is -1.94. The van der Waals surface area contributed by atoms with Crippen molar-refractivity contribution in [1.29, 1.82) is 5.26 Å². The molecule has 0 bridgehead atoms. The van der Waals surface area contributed by atoms with E-state index in [2.05, 4.69) is 27.1 Å². The molecule has 0 saturated heterocycles. The van der Waals surface area contributed by atoms with Crippen molar-refractivity contribution in [3.8, 4) is 23.0 Å². The van der Waals surface area contributed by atoms with Crippen molar-refractivity contribution in [2.24, 2.45) is 0 Å². The summed E-state index contributed by atoms with van der Waals surface area (Å²) in [6, 6.07) is 17.1. The SMILES string of the molecule is N#Cc1ccc(-c2nn(-c3cccc(Br)c3)cc2N)cc1. The van der Waals surface area contributed by atoms with Gasteiger partial charge < -0.3 is 5.73 Å². The molecule has 0 spiro atoms. The highest BCUT2D eigenvalue weighted by Crippen LogP contribution is 2.26. The highest BCUT2D eigenvalue weighted by Gasteiger charge is 2.10. The lowest BCUT2D eigenvalue weighted by atomic mass is 10.1. The summed E-state index contributed by atoms with van der Waals surface area (Å²) in [4.78, 5) is 0. The number of nitrogens with two attached hydrogens (primary N) is 1. The summed E-state index contributed by atoms with van der Waals surface area (Å²) < 4.78 is 2.72. The Balaban J connectivity index is 2.03. The van der Waals surface area contributed by atoms with Gasteiger partial charge in [-0.25, -0.2) is 4.68 Å². The van der Waals surface area contributed by atoms with E-state index in [9.17, 15) is 0 Å². The van der Waals surface area contributed by atoms with Gasteiger partial charge in [0, 0.05) is 10.0 Å². The maximum Gasteiger partial charge on any atom is 0.116 e. The molecule has 0 aliphatic rings. The summed E-state index contributed by atoms with van der Waals surface area (Å²) in [5.74, 6) is 0. The molecular weight excluding hydrogens is 328 g/mol. The van der Waals surface area contributed by atoms with Crippen LogP contribution in [0.5, 0.6) is 0 Å². The molecule has 3 aromatic rings. The van der Waals surface area contributed by atoms with Gasteiger partial charge in [0.05, 0.1) is 29.2 Å². The van der Waals surface area contributed by atoms with Crippen LogP contribution in [0.3, 0.4) is 0 Å². The standard InChI is InChI=1S/C16H11BrN4/c17-13-2-1-3-14(8-13)21-10-15(19)16(20-21)12-6-4-11(9-18)5-7-12/h1-8,10H,19H2. The zero-order valence-corrected chi connectivity index (χ0v) is 12.6. The Labute approximate surface area is 130 Å². The van der Waals surface area contributed by atoms with Crippen LogP contribution in [0.4, 0.5) is 5.69 Å². The largest absolute Gasteiger partial charge is 0.396 e. The first-order valence-electron chi connectivity index (χ1n) is 6.29. The van der Waals surface area contributed by atoms with Gasteiger partial charge in [0.15, 0.2) is 0 Å². The lowest BCUT2D eigenvalue weighted by molar-refractivity contribution is 0.884. The predicted octanol–water partition coefficient (Wildman–Crippen LogP) is 3.76. The zero-order chi connectivity index (χ0) is 14.8. The topological polar surface area (TPSA) is 67.6 Å². The van der Waals surface area contributed by atoms with Gasteiger partial charge in [-0.15, -0.1) is 0 Å². The van der Waals surface area contributed by atoms with Gasteiger partial charge in [0.1, 0.15) is 5.69 Å². The van der Waals surface area contributed by atoms with E-state index in [1.807, 2.05) is 36.4 Å². The summed E-state index contributed by atoms with van der Waals surface area (Å²) >= 11 is 3.44. The number of nitriles is 1. The molecule has 0 fully saturated rings. The van der Waals surface area contributed by atoms with Crippen molar-refractivity contribution in [3.63, 3.8) is 0 Å². The van der Waals surface area contributed by atoms with Crippen LogP contribution in [0.1, 0.15) is 5.56 Å². The van der Waals surface area contributed by atoms with Crippen LogP contribution in [0.25, 0.3) is 16.9 Å². The summed E-state index contributed by atoms with van der Waals surface area (Å²) in [7, 11) is 0. The highest BCUT2D eigenvalue weighted by atomic mass is 79.9. The van der Waals surface area contributed by atoms with Gasteiger partial charge in [-0.1, -0.05) is 34.1 Å². The Morgan fingerprint density at radius 1 is 1.14 bits per heavy atom. The van der Waals surface area contributed by atoms with E-state index in [1.165, 1.54) is 0 Å². The first kappa shape index (κ1) is 13.4. The molecular formula is C16H11BrN4. The normalized spacial score (nSPS) is 10.3. The summed E-state index contributed by atoms with van der Waals surface area (Å²) in [6.45, 7) is 0. The number of nitrogens with zero attached hydrogens (tertiary/aromatic N) is 3. The fraction of sp³-hybridized carbons (Fsp3) is 0. The molecule has 102 valence electrons. The summed E-state index contributed by atoms with van der Waals surface area (Å²) in [6.07, 6.45) is 1.79. The maximum atomic E-state index is 8.83. The van der Waals surface area contributed by atoms with Gasteiger partial charge in [0.2, 0.25) is 0 Å². The van der Waals surface area contributed by atoms with Gasteiger partial charge in [-0.2, -0.15) is 10.4 Å². The first-order chi connectivity index (χ1) is 10.2. The van der Waals surface area contributed by atoms with Crippen LogP contribution in [0.15, 0.2) is 59.2 Å². The Morgan fingerprint density at radius 2 is 1.90 bits per heavy atom. The number of aromatic nitrogens is 2. The molecule has 3 rings (SSSR count). The summed E-state index contributed by atoms with van der Waals surface area (Å²) in [5.41, 5.74) is 9.79. The minimum Gasteiger partial charge on any atom is -0.396 e. The van der Waals surface area contributed by atoms with E-state index in [0.717, 1.165) is 15.7 Å². The molecule has 0 unspecified atom stereocenters. The number of nitrogen functional groups attached to an aromatic ring is 1. The van der Waals surface area contributed by atoms with Crippen LogP contribution >= 0.6 is 15.9 Å². The molecule has 0 atom stereocenters. The third kappa shape index (κ3) is 2.67. The van der Waals surface area contributed by atoms with Crippen molar-refractivity contribution in [2.45, 2.75) is 0 Å². The molecule has 2 aromatic carbocycles. The minimum absolute atomic E-state index is 0.597. The second kappa shape index (κ2) is 5.43. The van der Waals surface area contributed by atoms with Crippen LogP contribution in [0, 0.1) is 11.3 Å². The van der Waals surface area contributed by atoms with Crippen molar-refractivity contribution in [2.75, 3.05) is 5.73 Å². The van der Waals surface area contributed by atoms with E-state index < -0.39 is 0 Å². The quantitative estimate of drug-likeness (QED) is 0.773. The number of benzene rings is 2. The monoisotopic (exact) mass is 338 g/mol. The number of halogens is 1. The number of hydrogen-bond acceptors (Lipinski definition) is 3. The fourth-order valence-corrected chi connectivity index (χ4v) is 2.45. The molecule has 1 aromatic heterocycles. The van der Waals surface area contributed by atoms with Gasteiger partial charge in [-0.3, -0.25) is 0 Å². The second-order valence-electron chi connectivity index (χ2n) is 4.55. The van der Waals surface area contributed by atoms with Crippen molar-refractivity contribution >= 4 is 21.6 Å². The molecule has 0 amide bonds. The van der Waals surface area contributed by atoms with E-state index in [1.54, 1.807) is 23.0 Å². The fourth-order valence-electron chi connectivity index (χ4n) is 2.07. The maximum absolute atomic E-state index is 8.83. The average Bonchev–Trinajstić information content (AvgIpc) is 2.89. The molecule has 0 radical (unpaired) electrons. The molecule has 2 N–H and O–H groups in total. The lowest BCUT2D eigenvalue weighted by Gasteiger charge is -2.01. The van der Waals surface area contributed by atoms with E-state index in [-0.39, 0.29) is 0 Å². The highest BCUT2D eigenvalue weighted by molar-refractivity contribution is 9.10. The number of anilines is 1. The van der Waals surface area contributed by atoms with E-state index >= 15 is 0 Å².